The summed E-state index contributed by atoms with van der Waals surface area (Å²) in [4.78, 5) is 9.10. The van der Waals surface area contributed by atoms with Crippen molar-refractivity contribution in [1.29, 1.82) is 0 Å². The van der Waals surface area contributed by atoms with Gasteiger partial charge < -0.3 is 30.6 Å². The molecule has 11 nitrogen and oxygen atoms in total. The number of nitrogens with one attached hydrogen (secondary N) is 1. The molecule has 0 bridgehead atoms. The Morgan fingerprint density at radius 2 is 1.88 bits per heavy atom. The van der Waals surface area contributed by atoms with Gasteiger partial charge in [-0.15, -0.1) is 10.2 Å². The van der Waals surface area contributed by atoms with E-state index in [9.17, 15) is 10.0 Å². The van der Waals surface area contributed by atoms with Gasteiger partial charge in [0.05, 0.1) is 25.3 Å². The summed E-state index contributed by atoms with van der Waals surface area (Å²) in [6.07, 6.45) is 0. The van der Waals surface area contributed by atoms with Crippen LogP contribution in [0.3, 0.4) is 0 Å². The number of nitrogens with two attached hydrogens (primary N) is 1. The van der Waals surface area contributed by atoms with E-state index in [0.717, 1.165) is 16.6 Å². The van der Waals surface area contributed by atoms with Crippen LogP contribution in [0.15, 0.2) is 42.5 Å². The summed E-state index contributed by atoms with van der Waals surface area (Å²) in [5.74, 6) is 0.797. The van der Waals surface area contributed by atoms with E-state index < -0.39 is 7.12 Å². The van der Waals surface area contributed by atoms with Crippen LogP contribution in [0.2, 0.25) is 0 Å². The number of benzene rings is 2. The van der Waals surface area contributed by atoms with Gasteiger partial charge in [0.25, 0.3) is 11.8 Å². The molecule has 0 unspecified atom stereocenters. The van der Waals surface area contributed by atoms with Crippen LogP contribution in [0.1, 0.15) is 11.1 Å². The first-order chi connectivity index (χ1) is 15.5. The number of hydrogen-bond acceptors (Lipinski definition) is 10. The molecule has 164 valence electrons. The van der Waals surface area contributed by atoms with Gasteiger partial charge in [-0.1, -0.05) is 36.4 Å². The van der Waals surface area contributed by atoms with Gasteiger partial charge in [-0.05, 0) is 22.7 Å². The third kappa shape index (κ3) is 4.06. The maximum Gasteiger partial charge on any atom is 0.488 e. The van der Waals surface area contributed by atoms with Crippen LogP contribution in [-0.4, -0.2) is 56.1 Å². The zero-order valence-electron chi connectivity index (χ0n) is 17.6. The van der Waals surface area contributed by atoms with Crippen molar-refractivity contribution in [1.82, 2.24) is 24.7 Å². The van der Waals surface area contributed by atoms with Gasteiger partial charge in [0.15, 0.2) is 5.82 Å². The van der Waals surface area contributed by atoms with Crippen molar-refractivity contribution in [3.8, 4) is 17.8 Å². The summed E-state index contributed by atoms with van der Waals surface area (Å²) in [5, 5.41) is 30.2. The van der Waals surface area contributed by atoms with Crippen LogP contribution < -0.4 is 26.0 Å². The van der Waals surface area contributed by atoms with Crippen LogP contribution in [-0.2, 0) is 13.1 Å². The fourth-order valence-corrected chi connectivity index (χ4v) is 3.34. The fourth-order valence-electron chi connectivity index (χ4n) is 3.34. The lowest BCUT2D eigenvalue weighted by Crippen LogP contribution is -2.30. The van der Waals surface area contributed by atoms with Gasteiger partial charge in [0, 0.05) is 13.1 Å². The zero-order chi connectivity index (χ0) is 22.7. The molecular formula is C20H22BN7O4. The minimum atomic E-state index is -1.54. The third-order valence-corrected chi connectivity index (χ3v) is 4.89. The van der Waals surface area contributed by atoms with Crippen LogP contribution in [0, 0.1) is 0 Å². The highest BCUT2D eigenvalue weighted by Crippen LogP contribution is 2.28. The number of anilines is 1. The van der Waals surface area contributed by atoms with Gasteiger partial charge >= 0.3 is 13.1 Å². The number of aromatic nitrogens is 5. The van der Waals surface area contributed by atoms with E-state index >= 15 is 0 Å². The normalized spacial score (nSPS) is 10.9. The maximum atomic E-state index is 9.39. The van der Waals surface area contributed by atoms with Crippen LogP contribution in [0.4, 0.5) is 5.82 Å². The molecule has 0 aliphatic rings. The van der Waals surface area contributed by atoms with Crippen molar-refractivity contribution < 1.29 is 19.5 Å². The average Bonchev–Trinajstić information content (AvgIpc) is 3.21. The molecule has 4 aromatic rings. The smallest absolute Gasteiger partial charge is 0.477 e. The van der Waals surface area contributed by atoms with Crippen molar-refractivity contribution in [3.63, 3.8) is 0 Å². The molecule has 32 heavy (non-hydrogen) atoms. The molecule has 0 saturated heterocycles. The summed E-state index contributed by atoms with van der Waals surface area (Å²) < 4.78 is 12.4. The summed E-state index contributed by atoms with van der Waals surface area (Å²) in [6, 6.07) is 12.8. The SMILES string of the molecule is COc1nnc(-n2c(OC)nc3c(CN)cccc32)nc1NCc1cccc(B(O)O)c1. The van der Waals surface area contributed by atoms with Crippen molar-refractivity contribution in [2.45, 2.75) is 13.1 Å². The van der Waals surface area contributed by atoms with Crippen molar-refractivity contribution in [2.24, 2.45) is 5.73 Å². The molecule has 0 aliphatic carbocycles. The fraction of sp³-hybridized carbons (Fsp3) is 0.200. The highest BCUT2D eigenvalue weighted by atomic mass is 16.5. The highest BCUT2D eigenvalue weighted by molar-refractivity contribution is 6.58. The Balaban J connectivity index is 1.72. The predicted molar refractivity (Wildman–Crippen MR) is 119 cm³/mol. The van der Waals surface area contributed by atoms with E-state index in [1.54, 1.807) is 22.8 Å². The second-order valence-electron chi connectivity index (χ2n) is 6.86. The summed E-state index contributed by atoms with van der Waals surface area (Å²) >= 11 is 0. The van der Waals surface area contributed by atoms with E-state index in [-0.39, 0.29) is 11.8 Å². The lowest BCUT2D eigenvalue weighted by molar-refractivity contribution is 0.371. The van der Waals surface area contributed by atoms with Gasteiger partial charge in [-0.25, -0.2) is 4.57 Å². The Kier molecular flexibility index (Phi) is 6.17. The van der Waals surface area contributed by atoms with Crippen LogP contribution >= 0.6 is 0 Å². The summed E-state index contributed by atoms with van der Waals surface area (Å²) in [7, 11) is 1.44. The van der Waals surface area contributed by atoms with Gasteiger partial charge in [0.2, 0.25) is 0 Å². The number of methoxy groups -OCH3 is 2. The van der Waals surface area contributed by atoms with E-state index in [4.69, 9.17) is 15.2 Å². The standard InChI is InChI=1S/C20H22BN7O4/c1-31-18-17(23-11-12-5-3-7-14(9-12)21(29)30)25-19(27-26-18)28-15-8-4-6-13(10-22)16(15)24-20(28)32-2/h3-9,29-30H,10-11,22H2,1-2H3,(H,23,25,27). The maximum absolute atomic E-state index is 9.39. The van der Waals surface area contributed by atoms with E-state index in [0.29, 0.717) is 35.9 Å². The molecule has 0 aliphatic heterocycles. The second-order valence-corrected chi connectivity index (χ2v) is 6.86. The van der Waals surface area contributed by atoms with Gasteiger partial charge in [-0.3, -0.25) is 0 Å². The molecule has 0 radical (unpaired) electrons. The molecule has 0 atom stereocenters. The van der Waals surface area contributed by atoms with Crippen molar-refractivity contribution >= 4 is 29.4 Å². The molecule has 2 aromatic heterocycles. The lowest BCUT2D eigenvalue weighted by Gasteiger charge is -2.12. The predicted octanol–water partition coefficient (Wildman–Crippen LogP) is -0.0217. The molecule has 2 heterocycles. The summed E-state index contributed by atoms with van der Waals surface area (Å²) in [5.41, 5.74) is 9.35. The van der Waals surface area contributed by atoms with Crippen molar-refractivity contribution in [3.05, 3.63) is 53.6 Å². The Morgan fingerprint density at radius 3 is 2.59 bits per heavy atom. The zero-order valence-corrected chi connectivity index (χ0v) is 17.6. The Morgan fingerprint density at radius 1 is 1.06 bits per heavy atom. The number of imidazole rings is 1. The molecule has 0 fully saturated rings. The number of nitrogens with zero attached hydrogens (tertiary/aromatic N) is 5. The number of ether oxygens (including phenoxy) is 2. The molecular weight excluding hydrogens is 413 g/mol. The highest BCUT2D eigenvalue weighted by Gasteiger charge is 2.20. The molecule has 0 spiro atoms. The third-order valence-electron chi connectivity index (χ3n) is 4.89. The first-order valence-corrected chi connectivity index (χ1v) is 9.78. The molecule has 2 aromatic carbocycles. The van der Waals surface area contributed by atoms with E-state index in [1.807, 2.05) is 24.3 Å². The summed E-state index contributed by atoms with van der Waals surface area (Å²) in [6.45, 7) is 0.668. The topological polar surface area (TPSA) is 153 Å². The lowest BCUT2D eigenvalue weighted by atomic mass is 9.80. The number of hydrogen-bond donors (Lipinski definition) is 4. The number of para-hydroxylation sites is 1. The first kappa shape index (κ1) is 21.5. The second kappa shape index (κ2) is 9.18. The van der Waals surface area contributed by atoms with E-state index in [2.05, 4.69) is 25.5 Å². The Hall–Kier alpha value is -3.74. The Labute approximate surface area is 184 Å². The van der Waals surface area contributed by atoms with Crippen LogP contribution in [0.5, 0.6) is 11.9 Å². The molecule has 4 rings (SSSR count). The minimum Gasteiger partial charge on any atom is -0.477 e. The van der Waals surface area contributed by atoms with Gasteiger partial charge in [0.1, 0.15) is 0 Å². The molecule has 5 N–H and O–H groups in total. The Bertz CT molecular complexity index is 1250. The van der Waals surface area contributed by atoms with Gasteiger partial charge in [-0.2, -0.15) is 9.97 Å². The largest absolute Gasteiger partial charge is 0.488 e. The molecule has 0 saturated carbocycles. The molecule has 0 amide bonds. The number of rotatable bonds is 8. The van der Waals surface area contributed by atoms with Crippen LogP contribution in [0.25, 0.3) is 17.0 Å². The first-order valence-electron chi connectivity index (χ1n) is 9.78. The minimum absolute atomic E-state index is 0.207. The van der Waals surface area contributed by atoms with Crippen molar-refractivity contribution in [2.75, 3.05) is 19.5 Å². The monoisotopic (exact) mass is 435 g/mol. The van der Waals surface area contributed by atoms with E-state index in [1.165, 1.54) is 14.2 Å². The quantitative estimate of drug-likeness (QED) is 0.278. The average molecular weight is 435 g/mol. The molecule has 12 heteroatoms. The number of fused-ring (bicyclic) bond motifs is 1.